The summed E-state index contributed by atoms with van der Waals surface area (Å²) in [6, 6.07) is 0. The fourth-order valence-corrected chi connectivity index (χ4v) is 0.600. The average Bonchev–Trinajstić information content (AvgIpc) is 1.94. The summed E-state index contributed by atoms with van der Waals surface area (Å²) in [4.78, 5) is 7.83. The molecule has 0 bridgehead atoms. The molecule has 0 aliphatic carbocycles. The van der Waals surface area contributed by atoms with E-state index in [0.29, 0.717) is 5.69 Å². The molecular weight excluding hydrogens is 130 g/mol. The number of nitrogens with zero attached hydrogens (tertiary/aromatic N) is 3. The minimum Gasteiger partial charge on any atom is -0.411 e. The highest BCUT2D eigenvalue weighted by Gasteiger charge is 1.93. The number of aromatic nitrogens is 2. The zero-order valence-corrected chi connectivity index (χ0v) is 5.52. The Balaban J connectivity index is 3.03. The van der Waals surface area contributed by atoms with E-state index in [9.17, 15) is 0 Å². The van der Waals surface area contributed by atoms with E-state index in [2.05, 4.69) is 15.1 Å². The molecule has 1 aromatic rings. The molecule has 0 aromatic carbocycles. The van der Waals surface area contributed by atoms with Gasteiger partial charge in [-0.2, -0.15) is 0 Å². The summed E-state index contributed by atoms with van der Waals surface area (Å²) in [6.45, 7) is 1.80. The summed E-state index contributed by atoms with van der Waals surface area (Å²) < 4.78 is 0. The maximum atomic E-state index is 8.15. The Morgan fingerprint density at radius 3 is 2.80 bits per heavy atom. The fourth-order valence-electron chi connectivity index (χ4n) is 0.600. The molecule has 0 fully saturated rings. The van der Waals surface area contributed by atoms with Gasteiger partial charge < -0.3 is 5.21 Å². The standard InChI is InChI=1S/C6H7N3O/c1-5-6(4-9-10)8-3-2-7-5/h2-4,10H,1H3/b9-4+. The number of hydrogen-bond donors (Lipinski definition) is 1. The summed E-state index contributed by atoms with van der Waals surface area (Å²) in [5, 5.41) is 11.0. The van der Waals surface area contributed by atoms with Gasteiger partial charge in [-0.05, 0) is 6.92 Å². The second-order valence-corrected chi connectivity index (χ2v) is 1.77. The molecule has 0 aliphatic rings. The van der Waals surface area contributed by atoms with Crippen LogP contribution in [-0.2, 0) is 0 Å². The average molecular weight is 137 g/mol. The van der Waals surface area contributed by atoms with E-state index < -0.39 is 0 Å². The maximum absolute atomic E-state index is 8.15. The molecule has 0 aliphatic heterocycles. The lowest BCUT2D eigenvalue weighted by Crippen LogP contribution is -1.93. The predicted octanol–water partition coefficient (Wildman–Crippen LogP) is 0.593. The van der Waals surface area contributed by atoms with E-state index in [-0.39, 0.29) is 0 Å². The topological polar surface area (TPSA) is 58.4 Å². The molecule has 1 aromatic heterocycles. The van der Waals surface area contributed by atoms with Crippen LogP contribution in [0.3, 0.4) is 0 Å². The molecule has 0 saturated carbocycles. The lowest BCUT2D eigenvalue weighted by molar-refractivity contribution is 0.321. The van der Waals surface area contributed by atoms with Gasteiger partial charge in [-0.15, -0.1) is 0 Å². The summed E-state index contributed by atoms with van der Waals surface area (Å²) in [5.74, 6) is 0. The Labute approximate surface area is 58.2 Å². The summed E-state index contributed by atoms with van der Waals surface area (Å²) in [7, 11) is 0. The number of oxime groups is 1. The second-order valence-electron chi connectivity index (χ2n) is 1.77. The zero-order chi connectivity index (χ0) is 7.40. The highest BCUT2D eigenvalue weighted by Crippen LogP contribution is 1.93. The van der Waals surface area contributed by atoms with Crippen LogP contribution in [0.5, 0.6) is 0 Å². The largest absolute Gasteiger partial charge is 0.411 e. The molecule has 4 nitrogen and oxygen atoms in total. The smallest absolute Gasteiger partial charge is 0.106 e. The molecule has 0 unspecified atom stereocenters. The highest BCUT2D eigenvalue weighted by atomic mass is 16.4. The van der Waals surface area contributed by atoms with Crippen molar-refractivity contribution in [1.29, 1.82) is 0 Å². The molecule has 1 heterocycles. The van der Waals surface area contributed by atoms with Crippen molar-refractivity contribution in [2.45, 2.75) is 6.92 Å². The van der Waals surface area contributed by atoms with Crippen LogP contribution in [-0.4, -0.2) is 21.4 Å². The third-order valence-electron chi connectivity index (χ3n) is 1.10. The first-order valence-corrected chi connectivity index (χ1v) is 2.79. The SMILES string of the molecule is Cc1nccnc1/C=N/O. The fraction of sp³-hybridized carbons (Fsp3) is 0.167. The van der Waals surface area contributed by atoms with Crippen LogP contribution in [0, 0.1) is 6.92 Å². The lowest BCUT2D eigenvalue weighted by Gasteiger charge is -1.92. The molecule has 0 spiro atoms. The van der Waals surface area contributed by atoms with Gasteiger partial charge in [0.05, 0.1) is 11.9 Å². The van der Waals surface area contributed by atoms with Crippen LogP contribution in [0.1, 0.15) is 11.4 Å². The van der Waals surface area contributed by atoms with Crippen molar-refractivity contribution in [3.63, 3.8) is 0 Å². The summed E-state index contributed by atoms with van der Waals surface area (Å²) in [5.41, 5.74) is 1.34. The number of rotatable bonds is 1. The Kier molecular flexibility index (Phi) is 1.94. The van der Waals surface area contributed by atoms with Crippen LogP contribution in [0.2, 0.25) is 0 Å². The minimum absolute atomic E-state index is 0.588. The molecule has 52 valence electrons. The summed E-state index contributed by atoms with van der Waals surface area (Å²) in [6.07, 6.45) is 4.39. The van der Waals surface area contributed by atoms with Crippen LogP contribution >= 0.6 is 0 Å². The molecule has 0 saturated heterocycles. The first-order valence-electron chi connectivity index (χ1n) is 2.79. The zero-order valence-electron chi connectivity index (χ0n) is 5.52. The van der Waals surface area contributed by atoms with Crippen molar-refractivity contribution < 1.29 is 5.21 Å². The summed E-state index contributed by atoms with van der Waals surface area (Å²) >= 11 is 0. The third-order valence-corrected chi connectivity index (χ3v) is 1.10. The monoisotopic (exact) mass is 137 g/mol. The van der Waals surface area contributed by atoms with Gasteiger partial charge in [0, 0.05) is 12.4 Å². The van der Waals surface area contributed by atoms with Gasteiger partial charge in [0.2, 0.25) is 0 Å². The lowest BCUT2D eigenvalue weighted by atomic mass is 10.3. The van der Waals surface area contributed by atoms with Gasteiger partial charge >= 0.3 is 0 Å². The normalized spacial score (nSPS) is 10.5. The van der Waals surface area contributed by atoms with Crippen LogP contribution in [0.15, 0.2) is 17.5 Å². The van der Waals surface area contributed by atoms with Crippen molar-refractivity contribution in [2.24, 2.45) is 5.16 Å². The number of aryl methyl sites for hydroxylation is 1. The molecule has 0 atom stereocenters. The first-order chi connectivity index (χ1) is 4.84. The molecule has 0 radical (unpaired) electrons. The van der Waals surface area contributed by atoms with E-state index >= 15 is 0 Å². The molecule has 4 heteroatoms. The van der Waals surface area contributed by atoms with Gasteiger partial charge in [0.15, 0.2) is 0 Å². The van der Waals surface area contributed by atoms with E-state index in [1.165, 1.54) is 6.21 Å². The molecule has 1 N–H and O–H groups in total. The predicted molar refractivity (Wildman–Crippen MR) is 36.1 cm³/mol. The highest BCUT2D eigenvalue weighted by molar-refractivity contribution is 5.77. The minimum atomic E-state index is 0.588. The van der Waals surface area contributed by atoms with Gasteiger partial charge in [-0.1, -0.05) is 5.16 Å². The Morgan fingerprint density at radius 2 is 2.20 bits per heavy atom. The van der Waals surface area contributed by atoms with Crippen LogP contribution < -0.4 is 0 Å². The maximum Gasteiger partial charge on any atom is 0.106 e. The Morgan fingerprint density at radius 1 is 1.50 bits per heavy atom. The van der Waals surface area contributed by atoms with E-state index in [1.54, 1.807) is 19.3 Å². The van der Waals surface area contributed by atoms with E-state index in [4.69, 9.17) is 5.21 Å². The first kappa shape index (κ1) is 6.67. The van der Waals surface area contributed by atoms with Crippen molar-refractivity contribution in [3.05, 3.63) is 23.8 Å². The van der Waals surface area contributed by atoms with Crippen molar-refractivity contribution in [3.8, 4) is 0 Å². The Bertz CT molecular complexity index is 247. The Hall–Kier alpha value is -1.45. The quantitative estimate of drug-likeness (QED) is 0.350. The second kappa shape index (κ2) is 2.91. The van der Waals surface area contributed by atoms with Crippen molar-refractivity contribution in [1.82, 2.24) is 9.97 Å². The molecular formula is C6H7N3O. The molecule has 1 rings (SSSR count). The third kappa shape index (κ3) is 1.28. The molecule has 10 heavy (non-hydrogen) atoms. The van der Waals surface area contributed by atoms with Gasteiger partial charge in [0.25, 0.3) is 0 Å². The van der Waals surface area contributed by atoms with Crippen molar-refractivity contribution in [2.75, 3.05) is 0 Å². The van der Waals surface area contributed by atoms with E-state index in [0.717, 1.165) is 5.69 Å². The van der Waals surface area contributed by atoms with Gasteiger partial charge in [-0.3, -0.25) is 9.97 Å². The van der Waals surface area contributed by atoms with Gasteiger partial charge in [-0.25, -0.2) is 0 Å². The van der Waals surface area contributed by atoms with Crippen LogP contribution in [0.4, 0.5) is 0 Å². The van der Waals surface area contributed by atoms with E-state index in [1.807, 2.05) is 0 Å². The van der Waals surface area contributed by atoms with Crippen LogP contribution in [0.25, 0.3) is 0 Å². The molecule has 0 amide bonds. The van der Waals surface area contributed by atoms with Gasteiger partial charge in [0.1, 0.15) is 5.69 Å². The van der Waals surface area contributed by atoms with Crippen molar-refractivity contribution >= 4 is 6.21 Å². The number of hydrogen-bond acceptors (Lipinski definition) is 4.